The average Bonchev–Trinajstić information content (AvgIpc) is 3.03. The summed E-state index contributed by atoms with van der Waals surface area (Å²) >= 11 is 0. The number of imide groups is 1. The lowest BCUT2D eigenvalue weighted by atomic mass is 9.85. The van der Waals surface area contributed by atoms with Gasteiger partial charge in [-0.15, -0.1) is 0 Å². The van der Waals surface area contributed by atoms with Crippen molar-refractivity contribution >= 4 is 29.4 Å². The number of nitrogens with one attached hydrogen (secondary N) is 3. The van der Waals surface area contributed by atoms with Crippen molar-refractivity contribution in [3.05, 3.63) is 60.2 Å². The molecule has 0 spiro atoms. The van der Waals surface area contributed by atoms with Crippen LogP contribution in [-0.4, -0.2) is 35.5 Å². The second kappa shape index (κ2) is 11.9. The fraction of sp³-hybridized carbons (Fsp3) is 0.400. The first kappa shape index (κ1) is 25.7. The van der Waals surface area contributed by atoms with Gasteiger partial charge in [0.05, 0.1) is 24.4 Å². The van der Waals surface area contributed by atoms with Gasteiger partial charge in [0.25, 0.3) is 0 Å². The molecule has 1 unspecified atom stereocenters. The molecule has 1 aliphatic rings. The Labute approximate surface area is 193 Å². The van der Waals surface area contributed by atoms with Crippen molar-refractivity contribution in [1.82, 2.24) is 16.0 Å². The third kappa shape index (κ3) is 6.97. The van der Waals surface area contributed by atoms with Crippen molar-refractivity contribution in [1.29, 1.82) is 0 Å². The molecule has 1 saturated heterocycles. The molecule has 3 N–H and O–H groups in total. The first-order chi connectivity index (χ1) is 15.6. The van der Waals surface area contributed by atoms with Crippen LogP contribution in [0, 0.1) is 17.8 Å². The molecule has 2 rings (SSSR count). The molecular formula is C25H31N3O5. The lowest BCUT2D eigenvalue weighted by Crippen LogP contribution is -2.49. The Morgan fingerprint density at radius 3 is 2.24 bits per heavy atom. The number of carbonyl (C=O) groups excluding carboxylic acids is 5. The maximum absolute atomic E-state index is 13.1. The van der Waals surface area contributed by atoms with Gasteiger partial charge in [-0.05, 0) is 18.4 Å². The van der Waals surface area contributed by atoms with Crippen LogP contribution < -0.4 is 16.0 Å². The van der Waals surface area contributed by atoms with E-state index in [0.717, 1.165) is 5.56 Å². The maximum atomic E-state index is 13.1. The van der Waals surface area contributed by atoms with Gasteiger partial charge in [-0.1, -0.05) is 69.3 Å². The molecular weight excluding hydrogens is 422 g/mol. The zero-order valence-corrected chi connectivity index (χ0v) is 19.3. The van der Waals surface area contributed by atoms with Gasteiger partial charge in [0, 0.05) is 6.08 Å². The number of benzene rings is 1. The Bertz CT molecular complexity index is 952. The topological polar surface area (TPSA) is 121 Å². The highest BCUT2D eigenvalue weighted by molar-refractivity contribution is 6.16. The Morgan fingerprint density at radius 1 is 1.03 bits per heavy atom. The quantitative estimate of drug-likeness (QED) is 0.216. The Balaban J connectivity index is 2.16. The zero-order valence-electron chi connectivity index (χ0n) is 19.3. The van der Waals surface area contributed by atoms with Crippen LogP contribution in [0.3, 0.4) is 0 Å². The molecule has 1 heterocycles. The third-order valence-corrected chi connectivity index (χ3v) is 5.50. The molecule has 1 aromatic rings. The summed E-state index contributed by atoms with van der Waals surface area (Å²) < 4.78 is 0. The Hall–Kier alpha value is -3.55. The van der Waals surface area contributed by atoms with Gasteiger partial charge < -0.3 is 10.6 Å². The van der Waals surface area contributed by atoms with Crippen molar-refractivity contribution < 1.29 is 24.0 Å². The van der Waals surface area contributed by atoms with E-state index in [2.05, 4.69) is 16.0 Å². The van der Waals surface area contributed by atoms with Crippen LogP contribution in [-0.2, 0) is 24.0 Å². The number of amides is 4. The average molecular weight is 454 g/mol. The number of hydrogen-bond donors (Lipinski definition) is 3. The van der Waals surface area contributed by atoms with Gasteiger partial charge in [0.2, 0.25) is 23.6 Å². The van der Waals surface area contributed by atoms with Crippen LogP contribution in [0.25, 0.3) is 0 Å². The highest BCUT2D eigenvalue weighted by atomic mass is 16.2. The molecule has 33 heavy (non-hydrogen) atoms. The van der Waals surface area contributed by atoms with Gasteiger partial charge in [-0.3, -0.25) is 29.3 Å². The summed E-state index contributed by atoms with van der Waals surface area (Å²) in [7, 11) is 0. The second-order valence-corrected chi connectivity index (χ2v) is 8.37. The monoisotopic (exact) mass is 453 g/mol. The number of Topliss-reactive ketones (excluding diaryl/α,β-unsaturated/α-hetero) is 1. The molecule has 8 nitrogen and oxygen atoms in total. The maximum Gasteiger partial charge on any atom is 0.244 e. The highest BCUT2D eigenvalue weighted by Gasteiger charge is 2.46. The number of ketones is 1. The number of hydrogen-bond acceptors (Lipinski definition) is 5. The van der Waals surface area contributed by atoms with Crippen LogP contribution >= 0.6 is 0 Å². The summed E-state index contributed by atoms with van der Waals surface area (Å²) in [5.74, 6) is -4.67. The van der Waals surface area contributed by atoms with Gasteiger partial charge in [0.15, 0.2) is 5.78 Å². The number of rotatable bonds is 10. The van der Waals surface area contributed by atoms with Crippen molar-refractivity contribution in [2.75, 3.05) is 0 Å². The largest absolute Gasteiger partial charge is 0.346 e. The molecule has 0 aromatic heterocycles. The normalized spacial score (nSPS) is 20.2. The van der Waals surface area contributed by atoms with Crippen molar-refractivity contribution in [2.24, 2.45) is 17.8 Å². The third-order valence-electron chi connectivity index (χ3n) is 5.50. The summed E-state index contributed by atoms with van der Waals surface area (Å²) in [5.41, 5.74) is 0.738. The summed E-state index contributed by atoms with van der Waals surface area (Å²) in [4.78, 5) is 62.2. The molecule has 1 fully saturated rings. The smallest absolute Gasteiger partial charge is 0.244 e. The van der Waals surface area contributed by atoms with Crippen LogP contribution in [0.2, 0.25) is 0 Å². The van der Waals surface area contributed by atoms with Crippen LogP contribution in [0.5, 0.6) is 0 Å². The van der Waals surface area contributed by atoms with Crippen molar-refractivity contribution in [3.8, 4) is 0 Å². The van der Waals surface area contributed by atoms with Gasteiger partial charge in [-0.25, -0.2) is 0 Å². The van der Waals surface area contributed by atoms with Crippen LogP contribution in [0.4, 0.5) is 0 Å². The molecule has 4 amide bonds. The van der Waals surface area contributed by atoms with Crippen LogP contribution in [0.1, 0.15) is 45.7 Å². The second-order valence-electron chi connectivity index (χ2n) is 8.37. The molecule has 1 aromatic carbocycles. The minimum absolute atomic E-state index is 0.102. The van der Waals surface area contributed by atoms with E-state index in [-0.39, 0.29) is 18.2 Å². The van der Waals surface area contributed by atoms with E-state index in [1.54, 1.807) is 56.3 Å². The van der Waals surface area contributed by atoms with E-state index in [1.807, 2.05) is 13.0 Å². The van der Waals surface area contributed by atoms with Gasteiger partial charge in [-0.2, -0.15) is 0 Å². The van der Waals surface area contributed by atoms with E-state index < -0.39 is 47.4 Å². The molecule has 1 aliphatic heterocycles. The standard InChI is InChI=1S/C25H31N3O5/c1-5-6-8-13-19(29)26-18(17-11-9-7-10-12-17)14-20(30)27-22(15(2)3)23(31)21-16(4)24(32)28-25(21)33/h5-13,15-16,18,21-22H,14H2,1-4H3,(H,26,29)(H,27,30)(H,28,32,33)/t16-,18+,21-,22?/m0/s1. The summed E-state index contributed by atoms with van der Waals surface area (Å²) in [6, 6.07) is 7.48. The van der Waals surface area contributed by atoms with Crippen LogP contribution in [0.15, 0.2) is 54.6 Å². The SMILES string of the molecule is CC=CC=CC(=O)N[C@H](CC(=O)NC(C(=O)[C@H]1C(=O)NC(=O)[C@H]1C)C(C)C)c1ccccc1. The lowest BCUT2D eigenvalue weighted by molar-refractivity contribution is -0.137. The highest BCUT2D eigenvalue weighted by Crippen LogP contribution is 2.24. The van der Waals surface area contributed by atoms with Gasteiger partial charge >= 0.3 is 0 Å². The summed E-state index contributed by atoms with van der Waals surface area (Å²) in [6.45, 7) is 6.86. The Kier molecular flexibility index (Phi) is 9.27. The zero-order chi connectivity index (χ0) is 24.5. The molecule has 8 heteroatoms. The summed E-state index contributed by atoms with van der Waals surface area (Å²) in [6.07, 6.45) is 6.36. The predicted octanol–water partition coefficient (Wildman–Crippen LogP) is 1.98. The molecule has 0 radical (unpaired) electrons. The molecule has 4 atom stereocenters. The van der Waals surface area contributed by atoms with Crippen molar-refractivity contribution in [3.63, 3.8) is 0 Å². The minimum Gasteiger partial charge on any atom is -0.346 e. The molecule has 0 aliphatic carbocycles. The first-order valence-corrected chi connectivity index (χ1v) is 11.0. The summed E-state index contributed by atoms with van der Waals surface area (Å²) in [5, 5.41) is 7.70. The first-order valence-electron chi connectivity index (χ1n) is 11.0. The lowest BCUT2D eigenvalue weighted by Gasteiger charge is -2.25. The predicted molar refractivity (Wildman–Crippen MR) is 123 cm³/mol. The number of allylic oxidation sites excluding steroid dienone is 3. The van der Waals surface area contributed by atoms with E-state index in [1.165, 1.54) is 13.0 Å². The van der Waals surface area contributed by atoms with E-state index in [0.29, 0.717) is 0 Å². The van der Waals surface area contributed by atoms with E-state index >= 15 is 0 Å². The van der Waals surface area contributed by atoms with Crippen molar-refractivity contribution in [2.45, 2.75) is 46.2 Å². The molecule has 0 saturated carbocycles. The van der Waals surface area contributed by atoms with Gasteiger partial charge in [0.1, 0.15) is 5.92 Å². The molecule has 176 valence electrons. The fourth-order valence-electron chi connectivity index (χ4n) is 3.66. The van der Waals surface area contributed by atoms with E-state index in [9.17, 15) is 24.0 Å². The fourth-order valence-corrected chi connectivity index (χ4v) is 3.66. The Morgan fingerprint density at radius 2 is 1.70 bits per heavy atom. The number of carbonyl (C=O) groups is 5. The van der Waals surface area contributed by atoms with E-state index in [4.69, 9.17) is 0 Å². The minimum atomic E-state index is -1.13. The molecule has 0 bridgehead atoms.